The topological polar surface area (TPSA) is 130 Å². The first-order chi connectivity index (χ1) is 16.9. The molecule has 0 saturated carbocycles. The Balaban J connectivity index is 1.78. The number of hydrogen-bond donors (Lipinski definition) is 2. The summed E-state index contributed by atoms with van der Waals surface area (Å²) < 4.78 is 10.4. The number of thiazole rings is 1. The summed E-state index contributed by atoms with van der Waals surface area (Å²) in [4.78, 5) is 46.7. The third-order valence-corrected chi connectivity index (χ3v) is 8.19. The maximum absolute atomic E-state index is 13.1. The molecule has 0 aliphatic carbocycles. The zero-order valence-electron chi connectivity index (χ0n) is 21.3. The summed E-state index contributed by atoms with van der Waals surface area (Å²) in [5, 5.41) is 21.3. The van der Waals surface area contributed by atoms with Crippen molar-refractivity contribution in [3.05, 3.63) is 32.1 Å². The van der Waals surface area contributed by atoms with Gasteiger partial charge in [-0.15, -0.1) is 11.3 Å². The second-order valence-corrected chi connectivity index (χ2v) is 11.4. The Kier molecular flexibility index (Phi) is 8.86. The first-order valence-electron chi connectivity index (χ1n) is 11.7. The molecule has 1 aromatic rings. The molecule has 0 aromatic carbocycles. The van der Waals surface area contributed by atoms with Crippen LogP contribution < -0.4 is 0 Å². The van der Waals surface area contributed by atoms with Crippen LogP contribution in [0.2, 0.25) is 0 Å². The van der Waals surface area contributed by atoms with E-state index >= 15 is 0 Å². The molecular formula is C24H33N3O7S2. The number of aliphatic hydroxyl groups is 2. The van der Waals surface area contributed by atoms with Gasteiger partial charge in [-0.2, -0.15) is 0 Å². The number of β-lactam (4-membered cyclic amide) rings is 1. The summed E-state index contributed by atoms with van der Waals surface area (Å²) in [6, 6.07) is -0.369. The first kappa shape index (κ1) is 28.2. The number of carbonyl (C=O) groups is 3. The van der Waals surface area contributed by atoms with Crippen molar-refractivity contribution in [2.45, 2.75) is 65.8 Å². The predicted molar refractivity (Wildman–Crippen MR) is 136 cm³/mol. The number of nitrogens with zero attached hydrogens (tertiary/aromatic N) is 3. The smallest absolute Gasteiger partial charge is 0.413 e. The lowest BCUT2D eigenvalue weighted by Crippen LogP contribution is -2.63. The number of hydrogen-bond acceptors (Lipinski definition) is 10. The molecule has 0 radical (unpaired) electrons. The van der Waals surface area contributed by atoms with Gasteiger partial charge in [-0.05, 0) is 46.1 Å². The Morgan fingerprint density at radius 2 is 2.06 bits per heavy atom. The van der Waals surface area contributed by atoms with E-state index in [0.29, 0.717) is 17.1 Å². The van der Waals surface area contributed by atoms with Crippen LogP contribution in [0.4, 0.5) is 4.79 Å². The number of esters is 1. The first-order valence-corrected chi connectivity index (χ1v) is 13.4. The Morgan fingerprint density at radius 3 is 2.64 bits per heavy atom. The number of fused-ring (bicyclic) bond motifs is 1. The fourth-order valence-corrected chi connectivity index (χ4v) is 6.31. The second kappa shape index (κ2) is 11.3. The zero-order chi connectivity index (χ0) is 26.8. The number of thioether (sulfide) groups is 1. The van der Waals surface area contributed by atoms with Gasteiger partial charge in [0.1, 0.15) is 5.70 Å². The van der Waals surface area contributed by atoms with Gasteiger partial charge in [-0.3, -0.25) is 4.79 Å². The lowest BCUT2D eigenvalue weighted by Gasteiger charge is -2.46. The molecule has 1 saturated heterocycles. The molecule has 0 bridgehead atoms. The third kappa shape index (κ3) is 5.46. The fraction of sp³-hybridized carbons (Fsp3) is 0.583. The number of aliphatic hydroxyl groups excluding tert-OH is 2. The summed E-state index contributed by atoms with van der Waals surface area (Å²) in [6.45, 7) is 10.5. The maximum atomic E-state index is 13.1. The average molecular weight is 540 g/mol. The molecule has 198 valence electrons. The summed E-state index contributed by atoms with van der Waals surface area (Å²) >= 11 is 2.64. The van der Waals surface area contributed by atoms with Crippen LogP contribution in [0, 0.1) is 11.8 Å². The van der Waals surface area contributed by atoms with Crippen molar-refractivity contribution in [3.8, 4) is 0 Å². The summed E-state index contributed by atoms with van der Waals surface area (Å²) in [6.07, 6.45) is 0.315. The van der Waals surface area contributed by atoms with Crippen molar-refractivity contribution in [2.75, 3.05) is 13.3 Å². The minimum atomic E-state index is -0.860. The van der Waals surface area contributed by atoms with E-state index in [2.05, 4.69) is 4.98 Å². The monoisotopic (exact) mass is 539 g/mol. The van der Waals surface area contributed by atoms with Crippen molar-refractivity contribution < 1.29 is 34.1 Å². The van der Waals surface area contributed by atoms with Gasteiger partial charge in [-0.25, -0.2) is 14.6 Å². The molecular weight excluding hydrogens is 506 g/mol. The van der Waals surface area contributed by atoms with Crippen LogP contribution in [-0.4, -0.2) is 74.0 Å². The molecule has 2 aliphatic heterocycles. The molecule has 0 spiro atoms. The quantitative estimate of drug-likeness (QED) is 0.276. The molecule has 3 rings (SSSR count). The number of aromatic nitrogens is 1. The Bertz CT molecular complexity index is 1060. The van der Waals surface area contributed by atoms with Gasteiger partial charge in [0, 0.05) is 22.9 Å². The van der Waals surface area contributed by atoms with E-state index in [9.17, 15) is 24.6 Å². The van der Waals surface area contributed by atoms with E-state index in [1.54, 1.807) is 23.9 Å². The Hall–Kier alpha value is -2.41. The van der Waals surface area contributed by atoms with Gasteiger partial charge in [0.2, 0.25) is 12.7 Å². The molecule has 1 aromatic heterocycles. The molecule has 3 heterocycles. The van der Waals surface area contributed by atoms with Gasteiger partial charge in [-0.1, -0.05) is 18.7 Å². The molecule has 2 amide bonds. The molecule has 36 heavy (non-hydrogen) atoms. The molecule has 10 nitrogen and oxygen atoms in total. The van der Waals surface area contributed by atoms with Crippen molar-refractivity contribution >= 4 is 47.1 Å². The standard InChI is InChI=1S/C24H33N3O7S2/c1-7-26(24(4,5)6)23(32)34-12-33-22(31)19-20(35-9-8-16-15(10-28)25-11-36-16)13(2)18-17(14(3)29)21(30)27(18)19/h8-9,11,13-14,17-18,28-29H,7,10,12H2,1-6H3/b9-8-/t13-,14-,17-,18-/m1/s1. The molecule has 2 aliphatic rings. The minimum Gasteiger partial charge on any atom is -0.423 e. The van der Waals surface area contributed by atoms with Crippen molar-refractivity contribution in [3.63, 3.8) is 0 Å². The summed E-state index contributed by atoms with van der Waals surface area (Å²) in [7, 11) is 0. The Labute approximate surface area is 219 Å². The third-order valence-electron chi connectivity index (χ3n) is 6.26. The van der Waals surface area contributed by atoms with E-state index in [4.69, 9.17) is 9.47 Å². The van der Waals surface area contributed by atoms with Gasteiger partial charge < -0.3 is 29.5 Å². The number of ether oxygens (including phenoxy) is 2. The van der Waals surface area contributed by atoms with E-state index < -0.39 is 36.4 Å². The van der Waals surface area contributed by atoms with Gasteiger partial charge in [0.25, 0.3) is 0 Å². The highest BCUT2D eigenvalue weighted by molar-refractivity contribution is 8.06. The molecule has 0 unspecified atom stereocenters. The highest BCUT2D eigenvalue weighted by Gasteiger charge is 2.60. The summed E-state index contributed by atoms with van der Waals surface area (Å²) in [5.74, 6) is -1.97. The SMILES string of the molecule is CCN(C(=O)OCOC(=O)C1=C(S/C=C\c2scnc2CO)[C@H](C)[C@@H]2[C@@H]([C@@H](C)O)C(=O)N12)C(C)(C)C. The van der Waals surface area contributed by atoms with Crippen molar-refractivity contribution in [1.82, 2.24) is 14.8 Å². The van der Waals surface area contributed by atoms with E-state index in [1.807, 2.05) is 34.6 Å². The predicted octanol–water partition coefficient (Wildman–Crippen LogP) is 3.17. The number of carbonyl (C=O) groups excluding carboxylic acids is 3. The Morgan fingerprint density at radius 1 is 1.36 bits per heavy atom. The number of amides is 2. The molecule has 4 atom stereocenters. The fourth-order valence-electron chi connectivity index (χ4n) is 4.53. The molecule has 1 fully saturated rings. The molecule has 12 heteroatoms. The van der Waals surface area contributed by atoms with Crippen LogP contribution in [0.5, 0.6) is 0 Å². The summed E-state index contributed by atoms with van der Waals surface area (Å²) in [5.41, 5.74) is 1.82. The van der Waals surface area contributed by atoms with Crippen LogP contribution in [-0.2, 0) is 25.7 Å². The van der Waals surface area contributed by atoms with Gasteiger partial charge in [0.05, 0.1) is 40.8 Å². The zero-order valence-corrected chi connectivity index (χ0v) is 22.9. The van der Waals surface area contributed by atoms with E-state index in [-0.39, 0.29) is 30.2 Å². The highest BCUT2D eigenvalue weighted by Crippen LogP contribution is 2.51. The maximum Gasteiger partial charge on any atom is 0.413 e. The van der Waals surface area contributed by atoms with Gasteiger partial charge in [0.15, 0.2) is 0 Å². The van der Waals surface area contributed by atoms with Crippen LogP contribution >= 0.6 is 23.1 Å². The normalized spacial score (nSPS) is 22.5. The lowest BCUT2D eigenvalue weighted by atomic mass is 9.79. The van der Waals surface area contributed by atoms with Gasteiger partial charge >= 0.3 is 12.1 Å². The van der Waals surface area contributed by atoms with Crippen LogP contribution in [0.25, 0.3) is 6.08 Å². The van der Waals surface area contributed by atoms with Crippen LogP contribution in [0.1, 0.15) is 52.1 Å². The average Bonchev–Trinajstić information content (AvgIpc) is 3.33. The largest absolute Gasteiger partial charge is 0.423 e. The van der Waals surface area contributed by atoms with Crippen LogP contribution in [0.15, 0.2) is 21.5 Å². The van der Waals surface area contributed by atoms with E-state index in [1.165, 1.54) is 32.9 Å². The highest BCUT2D eigenvalue weighted by atomic mass is 32.2. The van der Waals surface area contributed by atoms with Crippen molar-refractivity contribution in [2.24, 2.45) is 11.8 Å². The van der Waals surface area contributed by atoms with E-state index in [0.717, 1.165) is 4.88 Å². The molecule has 2 N–H and O–H groups in total. The minimum absolute atomic E-state index is 0.0926. The van der Waals surface area contributed by atoms with Crippen LogP contribution in [0.3, 0.4) is 0 Å². The van der Waals surface area contributed by atoms with Crippen molar-refractivity contribution in [1.29, 1.82) is 0 Å². The lowest BCUT2D eigenvalue weighted by molar-refractivity contribution is -0.166. The second-order valence-electron chi connectivity index (χ2n) is 9.58. The number of rotatable bonds is 9.